The summed E-state index contributed by atoms with van der Waals surface area (Å²) < 4.78 is 39.1. The number of rotatable bonds is 2. The molecule has 1 fully saturated rings. The van der Waals surface area contributed by atoms with E-state index in [0.717, 1.165) is 61.9 Å². The van der Waals surface area contributed by atoms with Crippen molar-refractivity contribution < 1.29 is 13.2 Å². The highest BCUT2D eigenvalue weighted by Crippen LogP contribution is 2.37. The first-order valence-corrected chi connectivity index (χ1v) is 10.2. The summed E-state index contributed by atoms with van der Waals surface area (Å²) in [7, 11) is 2.16. The SMILES string of the molecule is Cc1cc(C(F)(F)F)ccc1-c1nnc2c(c1C)CCCN2[C@H]1CCCN(C)C1. The van der Waals surface area contributed by atoms with Crippen LogP contribution in [0.5, 0.6) is 0 Å². The highest BCUT2D eigenvalue weighted by molar-refractivity contribution is 5.70. The van der Waals surface area contributed by atoms with E-state index in [1.54, 1.807) is 6.92 Å². The molecule has 0 amide bonds. The molecule has 2 aromatic rings. The number of likely N-dealkylation sites (tertiary alicyclic amines) is 1. The Labute approximate surface area is 169 Å². The normalized spacial score (nSPS) is 20.6. The lowest BCUT2D eigenvalue weighted by Gasteiger charge is -2.41. The number of anilines is 1. The van der Waals surface area contributed by atoms with Crippen LogP contribution in [0.3, 0.4) is 0 Å². The van der Waals surface area contributed by atoms with Crippen molar-refractivity contribution in [1.29, 1.82) is 0 Å². The number of aromatic nitrogens is 2. The molecule has 4 nitrogen and oxygen atoms in total. The second-order valence-corrected chi connectivity index (χ2v) is 8.36. The lowest BCUT2D eigenvalue weighted by molar-refractivity contribution is -0.137. The van der Waals surface area contributed by atoms with Gasteiger partial charge in [0.15, 0.2) is 5.82 Å². The number of fused-ring (bicyclic) bond motifs is 1. The average molecular weight is 404 g/mol. The van der Waals surface area contributed by atoms with Gasteiger partial charge in [-0.2, -0.15) is 13.2 Å². The maximum absolute atomic E-state index is 13.0. The Kier molecular flexibility index (Phi) is 5.27. The van der Waals surface area contributed by atoms with Crippen molar-refractivity contribution in [2.24, 2.45) is 0 Å². The minimum Gasteiger partial charge on any atom is -0.351 e. The predicted octanol–water partition coefficient (Wildman–Crippen LogP) is 4.63. The van der Waals surface area contributed by atoms with Crippen molar-refractivity contribution in [2.75, 3.05) is 31.6 Å². The molecule has 1 aromatic carbocycles. The minimum absolute atomic E-state index is 0.445. The van der Waals surface area contributed by atoms with E-state index >= 15 is 0 Å². The maximum atomic E-state index is 13.0. The van der Waals surface area contributed by atoms with Gasteiger partial charge in [0, 0.05) is 30.3 Å². The molecule has 1 saturated heterocycles. The van der Waals surface area contributed by atoms with Crippen LogP contribution in [0.4, 0.5) is 19.0 Å². The minimum atomic E-state index is -4.34. The molecule has 29 heavy (non-hydrogen) atoms. The fourth-order valence-electron chi connectivity index (χ4n) is 4.72. The van der Waals surface area contributed by atoms with Crippen LogP contribution in [0.25, 0.3) is 11.3 Å². The second-order valence-electron chi connectivity index (χ2n) is 8.36. The number of hydrogen-bond acceptors (Lipinski definition) is 4. The second kappa shape index (κ2) is 7.59. The lowest BCUT2D eigenvalue weighted by Crippen LogP contribution is -2.49. The molecule has 1 aromatic heterocycles. The van der Waals surface area contributed by atoms with Gasteiger partial charge >= 0.3 is 6.18 Å². The predicted molar refractivity (Wildman–Crippen MR) is 108 cm³/mol. The number of nitrogens with zero attached hydrogens (tertiary/aromatic N) is 4. The van der Waals surface area contributed by atoms with Crippen LogP contribution in [0.1, 0.15) is 41.5 Å². The van der Waals surface area contributed by atoms with Crippen molar-refractivity contribution in [3.05, 3.63) is 40.5 Å². The summed E-state index contributed by atoms with van der Waals surface area (Å²) in [5.41, 5.74) is 3.58. The zero-order valence-corrected chi connectivity index (χ0v) is 17.2. The molecular weight excluding hydrogens is 377 g/mol. The molecule has 0 spiro atoms. The van der Waals surface area contributed by atoms with Crippen molar-refractivity contribution in [1.82, 2.24) is 15.1 Å². The van der Waals surface area contributed by atoms with E-state index < -0.39 is 11.7 Å². The van der Waals surface area contributed by atoms with Crippen LogP contribution >= 0.6 is 0 Å². The average Bonchev–Trinajstić information content (AvgIpc) is 2.68. The molecule has 2 aliphatic rings. The molecule has 4 rings (SSSR count). The molecule has 1 atom stereocenters. The van der Waals surface area contributed by atoms with E-state index in [1.807, 2.05) is 6.92 Å². The molecule has 7 heteroatoms. The number of aryl methyl sites for hydroxylation is 1. The van der Waals surface area contributed by atoms with E-state index in [9.17, 15) is 13.2 Å². The maximum Gasteiger partial charge on any atom is 0.416 e. The molecule has 0 N–H and O–H groups in total. The lowest BCUT2D eigenvalue weighted by atomic mass is 9.93. The van der Waals surface area contributed by atoms with Gasteiger partial charge < -0.3 is 9.80 Å². The summed E-state index contributed by atoms with van der Waals surface area (Å²) in [6.07, 6.45) is -0.00630. The highest BCUT2D eigenvalue weighted by Gasteiger charge is 2.32. The van der Waals surface area contributed by atoms with E-state index in [0.29, 0.717) is 17.3 Å². The zero-order chi connectivity index (χ0) is 20.8. The van der Waals surface area contributed by atoms with Gasteiger partial charge in [0.1, 0.15) is 0 Å². The quantitative estimate of drug-likeness (QED) is 0.731. The van der Waals surface area contributed by atoms with Crippen LogP contribution in [0, 0.1) is 13.8 Å². The van der Waals surface area contributed by atoms with Gasteiger partial charge in [-0.1, -0.05) is 6.07 Å². The number of halogens is 3. The van der Waals surface area contributed by atoms with Gasteiger partial charge in [0.25, 0.3) is 0 Å². The summed E-state index contributed by atoms with van der Waals surface area (Å²) in [6, 6.07) is 4.30. The first-order chi connectivity index (χ1) is 13.8. The Morgan fingerprint density at radius 1 is 1.07 bits per heavy atom. The summed E-state index contributed by atoms with van der Waals surface area (Å²) in [6.45, 7) is 6.87. The van der Waals surface area contributed by atoms with Gasteiger partial charge in [-0.15, -0.1) is 10.2 Å². The van der Waals surface area contributed by atoms with Gasteiger partial charge in [0.2, 0.25) is 0 Å². The molecule has 0 bridgehead atoms. The topological polar surface area (TPSA) is 32.3 Å². The molecule has 0 radical (unpaired) electrons. The van der Waals surface area contributed by atoms with Crippen molar-refractivity contribution in [3.63, 3.8) is 0 Å². The summed E-state index contributed by atoms with van der Waals surface area (Å²) >= 11 is 0. The standard InChI is InChI=1S/C22H27F3N4/c1-14-12-16(22(23,24)25)8-9-18(14)20-15(2)19-7-5-11-29(21(19)27-26-20)17-6-4-10-28(3)13-17/h8-9,12,17H,4-7,10-11,13H2,1-3H3/t17-/m0/s1. The summed E-state index contributed by atoms with van der Waals surface area (Å²) in [5, 5.41) is 9.08. The number of benzene rings is 1. The molecule has 156 valence electrons. The first-order valence-electron chi connectivity index (χ1n) is 10.2. The third-order valence-corrected chi connectivity index (χ3v) is 6.27. The van der Waals surface area contributed by atoms with Crippen molar-refractivity contribution in [3.8, 4) is 11.3 Å². The smallest absolute Gasteiger partial charge is 0.351 e. The number of alkyl halides is 3. The third kappa shape index (κ3) is 3.84. The highest BCUT2D eigenvalue weighted by atomic mass is 19.4. The Morgan fingerprint density at radius 3 is 2.55 bits per heavy atom. The molecule has 3 heterocycles. The monoisotopic (exact) mass is 404 g/mol. The summed E-state index contributed by atoms with van der Waals surface area (Å²) in [5.74, 6) is 0.961. The Morgan fingerprint density at radius 2 is 1.86 bits per heavy atom. The molecule has 0 aliphatic carbocycles. The van der Waals surface area contributed by atoms with Crippen LogP contribution in [-0.4, -0.2) is 47.8 Å². The Balaban J connectivity index is 1.70. The van der Waals surface area contributed by atoms with Gasteiger partial charge in [0.05, 0.1) is 11.3 Å². The number of piperidine rings is 1. The van der Waals surface area contributed by atoms with Crippen molar-refractivity contribution in [2.45, 2.75) is 51.7 Å². The fourth-order valence-corrected chi connectivity index (χ4v) is 4.72. The molecule has 2 aliphatic heterocycles. The molecular formula is C22H27F3N4. The summed E-state index contributed by atoms with van der Waals surface area (Å²) in [4.78, 5) is 4.76. The zero-order valence-electron chi connectivity index (χ0n) is 17.2. The van der Waals surface area contributed by atoms with Crippen LogP contribution in [0.2, 0.25) is 0 Å². The molecule has 0 unspecified atom stereocenters. The third-order valence-electron chi connectivity index (χ3n) is 6.27. The number of hydrogen-bond donors (Lipinski definition) is 0. The largest absolute Gasteiger partial charge is 0.416 e. The van der Waals surface area contributed by atoms with E-state index in [-0.39, 0.29) is 0 Å². The Bertz CT molecular complexity index is 910. The van der Waals surface area contributed by atoms with E-state index in [2.05, 4.69) is 27.0 Å². The van der Waals surface area contributed by atoms with Crippen LogP contribution in [-0.2, 0) is 12.6 Å². The fraction of sp³-hybridized carbons (Fsp3) is 0.545. The van der Waals surface area contributed by atoms with Gasteiger partial charge in [-0.3, -0.25) is 0 Å². The van der Waals surface area contributed by atoms with Crippen LogP contribution < -0.4 is 4.90 Å². The molecule has 0 saturated carbocycles. The van der Waals surface area contributed by atoms with E-state index in [1.165, 1.54) is 24.1 Å². The number of likely N-dealkylation sites (N-methyl/N-ethyl adjacent to an activating group) is 1. The Hall–Kier alpha value is -2.15. The van der Waals surface area contributed by atoms with Gasteiger partial charge in [-0.05, 0) is 76.4 Å². The van der Waals surface area contributed by atoms with Crippen LogP contribution in [0.15, 0.2) is 18.2 Å². The van der Waals surface area contributed by atoms with Gasteiger partial charge in [-0.25, -0.2) is 0 Å². The van der Waals surface area contributed by atoms with Crippen molar-refractivity contribution >= 4 is 5.82 Å². The first kappa shape index (κ1) is 20.1. The van der Waals surface area contributed by atoms with E-state index in [4.69, 9.17) is 0 Å².